The van der Waals surface area contributed by atoms with Crippen LogP contribution in [-0.2, 0) is 0 Å². The lowest BCUT2D eigenvalue weighted by Gasteiger charge is -2.30. The molecule has 0 saturated heterocycles. The van der Waals surface area contributed by atoms with E-state index in [1.54, 1.807) is 24.4 Å². The van der Waals surface area contributed by atoms with Gasteiger partial charge in [0.25, 0.3) is 0 Å². The summed E-state index contributed by atoms with van der Waals surface area (Å²) in [6.07, 6.45) is 4.65. The number of nitrogens with zero attached hydrogens (tertiary/aromatic N) is 3. The first-order valence-electron chi connectivity index (χ1n) is 9.40. The minimum Gasteiger partial charge on any atom is -0.335 e. The Morgan fingerprint density at radius 3 is 2.62 bits per heavy atom. The van der Waals surface area contributed by atoms with Crippen LogP contribution in [-0.4, -0.2) is 28.9 Å². The third-order valence-corrected chi connectivity index (χ3v) is 6.14. The maximum Gasteiger partial charge on any atom is 0.125 e. The van der Waals surface area contributed by atoms with E-state index < -0.39 is 19.4 Å². The molecule has 1 aliphatic rings. The first-order chi connectivity index (χ1) is 14.2. The summed E-state index contributed by atoms with van der Waals surface area (Å²) in [4.78, 5) is 5.20. The molecule has 8 heteroatoms. The van der Waals surface area contributed by atoms with E-state index in [0.29, 0.717) is 32.7 Å². The number of hydrogen-bond donors (Lipinski definition) is 1. The zero-order valence-electron chi connectivity index (χ0n) is 15.5. The summed E-state index contributed by atoms with van der Waals surface area (Å²) in [5.74, 6) is -0.340. The van der Waals surface area contributed by atoms with E-state index in [9.17, 15) is 18.4 Å². The van der Waals surface area contributed by atoms with Gasteiger partial charge in [0.15, 0.2) is 0 Å². The SMILES string of the molecule is N#Cc1c(-c2ccc(SNC(CF)CF)cn2)n(C2CCC2)c2cc(F)ccc12. The number of rotatable bonds is 7. The first kappa shape index (κ1) is 19.8. The summed E-state index contributed by atoms with van der Waals surface area (Å²) < 4.78 is 43.9. The van der Waals surface area contributed by atoms with E-state index in [-0.39, 0.29) is 11.9 Å². The number of pyridine rings is 1. The predicted octanol–water partition coefficient (Wildman–Crippen LogP) is 5.34. The van der Waals surface area contributed by atoms with Gasteiger partial charge in [-0.3, -0.25) is 9.71 Å². The summed E-state index contributed by atoms with van der Waals surface area (Å²) in [5.41, 5.74) is 2.49. The van der Waals surface area contributed by atoms with Crippen molar-refractivity contribution >= 4 is 22.9 Å². The van der Waals surface area contributed by atoms with Crippen LogP contribution in [0.25, 0.3) is 22.3 Å². The van der Waals surface area contributed by atoms with Crippen molar-refractivity contribution in [2.24, 2.45) is 0 Å². The lowest BCUT2D eigenvalue weighted by molar-refractivity contribution is 0.323. The Kier molecular flexibility index (Phi) is 5.79. The topological polar surface area (TPSA) is 53.6 Å². The van der Waals surface area contributed by atoms with Gasteiger partial charge in [0.1, 0.15) is 25.2 Å². The van der Waals surface area contributed by atoms with Crippen molar-refractivity contribution in [3.05, 3.63) is 47.9 Å². The van der Waals surface area contributed by atoms with Crippen LogP contribution in [0.4, 0.5) is 13.2 Å². The van der Waals surface area contributed by atoms with Crippen LogP contribution in [0.1, 0.15) is 30.9 Å². The fraction of sp³-hybridized carbons (Fsp3) is 0.333. The van der Waals surface area contributed by atoms with Gasteiger partial charge < -0.3 is 4.57 Å². The molecule has 0 unspecified atom stereocenters. The van der Waals surface area contributed by atoms with E-state index in [2.05, 4.69) is 15.8 Å². The van der Waals surface area contributed by atoms with Gasteiger partial charge in [0.05, 0.1) is 28.5 Å². The summed E-state index contributed by atoms with van der Waals surface area (Å²) in [6.45, 7) is -1.59. The molecule has 0 atom stereocenters. The van der Waals surface area contributed by atoms with Crippen LogP contribution in [0.5, 0.6) is 0 Å². The van der Waals surface area contributed by atoms with Crippen molar-refractivity contribution in [2.45, 2.75) is 36.2 Å². The summed E-state index contributed by atoms with van der Waals surface area (Å²) in [7, 11) is 0. The van der Waals surface area contributed by atoms with Crippen LogP contribution in [0.3, 0.4) is 0 Å². The van der Waals surface area contributed by atoms with Crippen LogP contribution in [0.2, 0.25) is 0 Å². The highest BCUT2D eigenvalue weighted by Gasteiger charge is 2.28. The number of halogens is 3. The van der Waals surface area contributed by atoms with E-state index in [0.717, 1.165) is 31.2 Å². The van der Waals surface area contributed by atoms with Crippen LogP contribution in [0.15, 0.2) is 41.4 Å². The van der Waals surface area contributed by atoms with Gasteiger partial charge in [-0.05, 0) is 61.5 Å². The second kappa shape index (κ2) is 8.47. The number of aromatic nitrogens is 2. The Bertz CT molecular complexity index is 1050. The number of benzene rings is 1. The van der Waals surface area contributed by atoms with E-state index in [4.69, 9.17) is 0 Å². The summed E-state index contributed by atoms with van der Waals surface area (Å²) >= 11 is 1.11. The Morgan fingerprint density at radius 2 is 2.03 bits per heavy atom. The average molecular weight is 416 g/mol. The molecule has 1 saturated carbocycles. The minimum atomic E-state index is -0.860. The molecule has 3 aromatic rings. The molecule has 29 heavy (non-hydrogen) atoms. The van der Waals surface area contributed by atoms with Gasteiger partial charge in [-0.1, -0.05) is 0 Å². The number of alkyl halides is 2. The minimum absolute atomic E-state index is 0.212. The van der Waals surface area contributed by atoms with Gasteiger partial charge >= 0.3 is 0 Å². The lowest BCUT2D eigenvalue weighted by atomic mass is 9.92. The zero-order chi connectivity index (χ0) is 20.4. The Balaban J connectivity index is 1.74. The van der Waals surface area contributed by atoms with Crippen molar-refractivity contribution in [3.8, 4) is 17.5 Å². The molecule has 4 rings (SSSR count). The second-order valence-electron chi connectivity index (χ2n) is 7.06. The van der Waals surface area contributed by atoms with E-state index in [1.807, 2.05) is 4.57 Å². The van der Waals surface area contributed by atoms with Gasteiger partial charge in [-0.2, -0.15) is 5.26 Å². The van der Waals surface area contributed by atoms with Crippen LogP contribution >= 0.6 is 11.9 Å². The highest BCUT2D eigenvalue weighted by molar-refractivity contribution is 7.97. The molecular weight excluding hydrogens is 397 g/mol. The predicted molar refractivity (Wildman–Crippen MR) is 107 cm³/mol. The van der Waals surface area contributed by atoms with Crippen molar-refractivity contribution in [1.29, 1.82) is 5.26 Å². The smallest absolute Gasteiger partial charge is 0.125 e. The van der Waals surface area contributed by atoms with E-state index in [1.165, 1.54) is 12.1 Å². The summed E-state index contributed by atoms with van der Waals surface area (Å²) in [6, 6.07) is 9.67. The molecule has 0 aliphatic heterocycles. The van der Waals surface area contributed by atoms with Gasteiger partial charge in [-0.25, -0.2) is 13.2 Å². The molecule has 1 aromatic carbocycles. The molecule has 0 amide bonds. The largest absolute Gasteiger partial charge is 0.335 e. The lowest BCUT2D eigenvalue weighted by Crippen LogP contribution is -2.27. The fourth-order valence-corrected chi connectivity index (χ4v) is 4.18. The molecule has 0 radical (unpaired) electrons. The Hall–Kier alpha value is -2.50. The quantitative estimate of drug-likeness (QED) is 0.528. The normalized spacial score (nSPS) is 14.3. The first-order valence-corrected chi connectivity index (χ1v) is 10.2. The van der Waals surface area contributed by atoms with E-state index >= 15 is 0 Å². The summed E-state index contributed by atoms with van der Waals surface area (Å²) in [5, 5.41) is 10.5. The van der Waals surface area contributed by atoms with Crippen molar-refractivity contribution < 1.29 is 13.2 Å². The molecule has 0 spiro atoms. The van der Waals surface area contributed by atoms with Gasteiger partial charge in [-0.15, -0.1) is 0 Å². The molecule has 1 fully saturated rings. The molecule has 2 heterocycles. The number of hydrogen-bond acceptors (Lipinski definition) is 4. The molecule has 1 N–H and O–H groups in total. The Labute approximate surface area is 170 Å². The van der Waals surface area contributed by atoms with Gasteiger partial charge in [0.2, 0.25) is 0 Å². The molecule has 1 aliphatic carbocycles. The fourth-order valence-electron chi connectivity index (χ4n) is 3.51. The van der Waals surface area contributed by atoms with Crippen molar-refractivity contribution in [1.82, 2.24) is 14.3 Å². The molecule has 150 valence electrons. The number of fused-ring (bicyclic) bond motifs is 1. The molecule has 0 bridgehead atoms. The van der Waals surface area contributed by atoms with Crippen molar-refractivity contribution in [3.63, 3.8) is 0 Å². The third kappa shape index (κ3) is 3.72. The average Bonchev–Trinajstić information content (AvgIpc) is 3.01. The number of nitrogens with one attached hydrogen (secondary N) is 1. The zero-order valence-corrected chi connectivity index (χ0v) is 16.4. The molecule has 4 nitrogen and oxygen atoms in total. The van der Waals surface area contributed by atoms with Crippen LogP contribution < -0.4 is 4.72 Å². The van der Waals surface area contributed by atoms with Crippen LogP contribution in [0, 0.1) is 17.1 Å². The Morgan fingerprint density at radius 1 is 1.24 bits per heavy atom. The molecular formula is C21H19F3N4S. The monoisotopic (exact) mass is 416 g/mol. The standard InChI is InChI=1S/C21H19F3N4S/c22-9-14(10-23)27-29-16-5-7-19(26-12-16)21-18(11-25)17-6-4-13(24)8-20(17)28(21)15-2-1-3-15/h4-8,12,14-15,27H,1-3,9-10H2. The number of nitriles is 1. The third-order valence-electron chi connectivity index (χ3n) is 5.21. The molecule has 2 aromatic heterocycles. The second-order valence-corrected chi connectivity index (χ2v) is 7.97. The highest BCUT2D eigenvalue weighted by Crippen LogP contribution is 2.42. The highest BCUT2D eigenvalue weighted by atomic mass is 32.2. The van der Waals surface area contributed by atoms with Crippen molar-refractivity contribution in [2.75, 3.05) is 13.3 Å². The maximum absolute atomic E-state index is 13.9. The van der Waals surface area contributed by atoms with Gasteiger partial charge in [0, 0.05) is 22.5 Å². The maximum atomic E-state index is 13.9.